The number of benzene rings is 1. The predicted molar refractivity (Wildman–Crippen MR) is 82.0 cm³/mol. The summed E-state index contributed by atoms with van der Waals surface area (Å²) in [4.78, 5) is 26.5. The smallest absolute Gasteiger partial charge is 0.228 e. The number of rotatable bonds is 3. The molecule has 1 aliphatic heterocycles. The Labute approximate surface area is 125 Å². The van der Waals surface area contributed by atoms with Gasteiger partial charge < -0.3 is 10.2 Å². The average Bonchev–Trinajstić information content (AvgIpc) is 3.07. The minimum Gasteiger partial charge on any atom is -0.342 e. The molecule has 1 saturated heterocycles. The molecule has 1 heterocycles. The number of nitrogens with one attached hydrogen (secondary N) is 1. The summed E-state index contributed by atoms with van der Waals surface area (Å²) in [5, 5.41) is 3.01. The highest BCUT2D eigenvalue weighted by molar-refractivity contribution is 6.00. The van der Waals surface area contributed by atoms with E-state index in [9.17, 15) is 9.59 Å². The van der Waals surface area contributed by atoms with Crippen molar-refractivity contribution in [3.8, 4) is 0 Å². The van der Waals surface area contributed by atoms with Gasteiger partial charge in [0.25, 0.3) is 0 Å². The van der Waals surface area contributed by atoms with Crippen molar-refractivity contribution in [3.63, 3.8) is 0 Å². The lowest BCUT2D eigenvalue weighted by Crippen LogP contribution is -2.30. The normalized spacial score (nSPS) is 24.0. The van der Waals surface area contributed by atoms with Crippen LogP contribution in [0.3, 0.4) is 0 Å². The van der Waals surface area contributed by atoms with E-state index < -0.39 is 0 Å². The van der Waals surface area contributed by atoms with E-state index in [0.717, 1.165) is 42.7 Å². The van der Waals surface area contributed by atoms with E-state index in [1.54, 1.807) is 0 Å². The summed E-state index contributed by atoms with van der Waals surface area (Å²) in [6.07, 6.45) is 2.89. The second-order valence-corrected chi connectivity index (χ2v) is 6.24. The summed E-state index contributed by atoms with van der Waals surface area (Å²) in [6, 6.07) is 5.96. The maximum atomic E-state index is 12.3. The SMILES string of the molecule is Cc1cccc(C)c1NC(=O)C1CC1C(=O)N1CCCC1. The lowest BCUT2D eigenvalue weighted by atomic mass is 10.1. The van der Waals surface area contributed by atoms with Gasteiger partial charge in [-0.1, -0.05) is 18.2 Å². The van der Waals surface area contributed by atoms with Crippen molar-refractivity contribution in [2.45, 2.75) is 33.1 Å². The summed E-state index contributed by atoms with van der Waals surface area (Å²) in [7, 11) is 0. The molecule has 1 N–H and O–H groups in total. The summed E-state index contributed by atoms with van der Waals surface area (Å²) in [5.74, 6) is -0.0661. The Hall–Kier alpha value is -1.84. The first-order valence-corrected chi connectivity index (χ1v) is 7.74. The van der Waals surface area contributed by atoms with Crippen LogP contribution in [0.25, 0.3) is 0 Å². The van der Waals surface area contributed by atoms with Gasteiger partial charge in [0.1, 0.15) is 0 Å². The number of para-hydroxylation sites is 1. The molecule has 1 saturated carbocycles. The number of aryl methyl sites for hydroxylation is 2. The van der Waals surface area contributed by atoms with Crippen LogP contribution in [0.2, 0.25) is 0 Å². The fraction of sp³-hybridized carbons (Fsp3) is 0.529. The lowest BCUT2D eigenvalue weighted by molar-refractivity contribution is -0.133. The molecule has 112 valence electrons. The molecule has 1 aromatic carbocycles. The molecule has 4 heteroatoms. The zero-order valence-electron chi connectivity index (χ0n) is 12.7. The first kappa shape index (κ1) is 14.1. The molecule has 0 bridgehead atoms. The molecule has 0 spiro atoms. The van der Waals surface area contributed by atoms with Crippen LogP contribution in [-0.2, 0) is 9.59 Å². The van der Waals surface area contributed by atoms with Gasteiger partial charge in [0.05, 0.1) is 11.8 Å². The fourth-order valence-corrected chi connectivity index (χ4v) is 3.16. The number of carbonyl (C=O) groups excluding carboxylic acids is 2. The van der Waals surface area contributed by atoms with E-state index in [-0.39, 0.29) is 23.7 Å². The van der Waals surface area contributed by atoms with E-state index in [2.05, 4.69) is 5.32 Å². The number of carbonyl (C=O) groups is 2. The summed E-state index contributed by atoms with van der Waals surface area (Å²) in [5.41, 5.74) is 3.01. The average molecular weight is 286 g/mol. The molecule has 1 aliphatic carbocycles. The zero-order chi connectivity index (χ0) is 15.0. The zero-order valence-corrected chi connectivity index (χ0v) is 12.7. The Morgan fingerprint density at radius 3 is 2.33 bits per heavy atom. The monoisotopic (exact) mass is 286 g/mol. The van der Waals surface area contributed by atoms with E-state index in [4.69, 9.17) is 0 Å². The van der Waals surface area contributed by atoms with Crippen molar-refractivity contribution in [2.75, 3.05) is 18.4 Å². The second-order valence-electron chi connectivity index (χ2n) is 6.24. The fourth-order valence-electron chi connectivity index (χ4n) is 3.16. The van der Waals surface area contributed by atoms with Crippen molar-refractivity contribution in [2.24, 2.45) is 11.8 Å². The molecule has 2 unspecified atom stereocenters. The molecular formula is C17H22N2O2. The number of likely N-dealkylation sites (tertiary alicyclic amines) is 1. The predicted octanol–water partition coefficient (Wildman–Crippen LogP) is 2.50. The molecule has 4 nitrogen and oxygen atoms in total. The third-order valence-corrected chi connectivity index (χ3v) is 4.59. The van der Waals surface area contributed by atoms with Gasteiger partial charge in [0.2, 0.25) is 11.8 Å². The second kappa shape index (κ2) is 5.51. The van der Waals surface area contributed by atoms with Gasteiger partial charge in [0.15, 0.2) is 0 Å². The van der Waals surface area contributed by atoms with Gasteiger partial charge in [-0.25, -0.2) is 0 Å². The van der Waals surface area contributed by atoms with Crippen molar-refractivity contribution < 1.29 is 9.59 Å². The maximum Gasteiger partial charge on any atom is 0.228 e. The molecule has 2 atom stereocenters. The Kier molecular flexibility index (Phi) is 3.70. The van der Waals surface area contributed by atoms with Crippen LogP contribution in [0.4, 0.5) is 5.69 Å². The molecule has 21 heavy (non-hydrogen) atoms. The van der Waals surface area contributed by atoms with E-state index >= 15 is 0 Å². The van der Waals surface area contributed by atoms with E-state index in [0.29, 0.717) is 6.42 Å². The molecule has 0 aromatic heterocycles. The quantitative estimate of drug-likeness (QED) is 0.928. The summed E-state index contributed by atoms with van der Waals surface area (Å²) in [6.45, 7) is 5.70. The highest BCUT2D eigenvalue weighted by atomic mass is 16.2. The van der Waals surface area contributed by atoms with Crippen molar-refractivity contribution in [3.05, 3.63) is 29.3 Å². The minimum absolute atomic E-state index is 0.00931. The first-order chi connectivity index (χ1) is 10.1. The van der Waals surface area contributed by atoms with Crippen LogP contribution in [0.5, 0.6) is 0 Å². The Morgan fingerprint density at radius 1 is 1.10 bits per heavy atom. The highest BCUT2D eigenvalue weighted by Crippen LogP contribution is 2.41. The van der Waals surface area contributed by atoms with Crippen LogP contribution in [0.1, 0.15) is 30.4 Å². The van der Waals surface area contributed by atoms with Gasteiger partial charge >= 0.3 is 0 Å². The maximum absolute atomic E-state index is 12.3. The van der Waals surface area contributed by atoms with Crippen LogP contribution in [-0.4, -0.2) is 29.8 Å². The van der Waals surface area contributed by atoms with Gasteiger partial charge in [-0.15, -0.1) is 0 Å². The van der Waals surface area contributed by atoms with Gasteiger partial charge in [0, 0.05) is 18.8 Å². The molecule has 2 fully saturated rings. The van der Waals surface area contributed by atoms with Gasteiger partial charge in [-0.2, -0.15) is 0 Å². The molecule has 2 amide bonds. The van der Waals surface area contributed by atoms with Crippen LogP contribution >= 0.6 is 0 Å². The first-order valence-electron chi connectivity index (χ1n) is 7.74. The third kappa shape index (κ3) is 2.80. The number of anilines is 1. The lowest BCUT2D eigenvalue weighted by Gasteiger charge is -2.15. The van der Waals surface area contributed by atoms with E-state index in [1.165, 1.54) is 0 Å². The molecule has 0 radical (unpaired) electrons. The number of nitrogens with zero attached hydrogens (tertiary/aromatic N) is 1. The van der Waals surface area contributed by atoms with Crippen molar-refractivity contribution >= 4 is 17.5 Å². The van der Waals surface area contributed by atoms with Gasteiger partial charge in [-0.3, -0.25) is 9.59 Å². The van der Waals surface area contributed by atoms with E-state index in [1.807, 2.05) is 36.9 Å². The highest BCUT2D eigenvalue weighted by Gasteiger charge is 2.49. The topological polar surface area (TPSA) is 49.4 Å². The summed E-state index contributed by atoms with van der Waals surface area (Å²) >= 11 is 0. The third-order valence-electron chi connectivity index (χ3n) is 4.59. The van der Waals surface area contributed by atoms with Gasteiger partial charge in [-0.05, 0) is 44.2 Å². The number of hydrogen-bond donors (Lipinski definition) is 1. The Bertz CT molecular complexity index is 556. The number of hydrogen-bond acceptors (Lipinski definition) is 2. The van der Waals surface area contributed by atoms with Crippen LogP contribution < -0.4 is 5.32 Å². The largest absolute Gasteiger partial charge is 0.342 e. The van der Waals surface area contributed by atoms with Crippen LogP contribution in [0.15, 0.2) is 18.2 Å². The Morgan fingerprint density at radius 2 is 1.71 bits per heavy atom. The standard InChI is InChI=1S/C17H22N2O2/c1-11-6-5-7-12(2)15(11)18-16(20)13-10-14(13)17(21)19-8-3-4-9-19/h5-7,13-14H,3-4,8-10H2,1-2H3,(H,18,20). The molecular weight excluding hydrogens is 264 g/mol. The molecule has 1 aromatic rings. The van der Waals surface area contributed by atoms with Crippen molar-refractivity contribution in [1.82, 2.24) is 4.90 Å². The Balaban J connectivity index is 1.61. The van der Waals surface area contributed by atoms with Crippen molar-refractivity contribution in [1.29, 1.82) is 0 Å². The molecule has 3 rings (SSSR count). The number of amides is 2. The minimum atomic E-state index is -0.142. The van der Waals surface area contributed by atoms with Crippen LogP contribution in [0, 0.1) is 25.7 Å². The summed E-state index contributed by atoms with van der Waals surface area (Å²) < 4.78 is 0. The molecule has 2 aliphatic rings.